The van der Waals surface area contributed by atoms with Gasteiger partial charge in [0.1, 0.15) is 0 Å². The molecule has 0 amide bonds. The maximum Gasteiger partial charge on any atom is 0.0159 e. The molecule has 0 atom stereocenters. The Morgan fingerprint density at radius 1 is 0.431 bits per heavy atom. The molecule has 51 heavy (non-hydrogen) atoms. The van der Waals surface area contributed by atoms with Gasteiger partial charge in [-0.1, -0.05) is 159 Å². The van der Waals surface area contributed by atoms with E-state index in [4.69, 9.17) is 0 Å². The van der Waals surface area contributed by atoms with Crippen LogP contribution in [0.2, 0.25) is 0 Å². The lowest BCUT2D eigenvalue weighted by atomic mass is 9.80. The molecule has 0 bridgehead atoms. The molecule has 8 aromatic carbocycles. The molecule has 0 unspecified atom stereocenters. The molecule has 0 saturated heterocycles. The maximum absolute atomic E-state index is 2.50. The van der Waals surface area contributed by atoms with E-state index in [-0.39, 0.29) is 5.41 Å². The first-order valence-corrected chi connectivity index (χ1v) is 18.2. The molecule has 10 rings (SSSR count). The molecule has 0 heteroatoms. The van der Waals surface area contributed by atoms with Crippen LogP contribution in [0.3, 0.4) is 0 Å². The highest BCUT2D eigenvalue weighted by atomic mass is 14.4. The molecule has 0 aromatic heterocycles. The van der Waals surface area contributed by atoms with E-state index < -0.39 is 0 Å². The molecule has 0 N–H and O–H groups in total. The van der Waals surface area contributed by atoms with Gasteiger partial charge in [-0.15, -0.1) is 0 Å². The summed E-state index contributed by atoms with van der Waals surface area (Å²) in [4.78, 5) is 0. The van der Waals surface area contributed by atoms with Crippen LogP contribution in [0, 0.1) is 0 Å². The first kappa shape index (κ1) is 29.9. The van der Waals surface area contributed by atoms with Gasteiger partial charge in [0.15, 0.2) is 0 Å². The van der Waals surface area contributed by atoms with E-state index in [0.29, 0.717) is 0 Å². The van der Waals surface area contributed by atoms with Crippen molar-refractivity contribution >= 4 is 37.9 Å². The summed E-state index contributed by atoms with van der Waals surface area (Å²) in [5.41, 5.74) is 15.8. The Bertz CT molecular complexity index is 2750. The van der Waals surface area contributed by atoms with Crippen molar-refractivity contribution in [2.24, 2.45) is 0 Å². The lowest BCUT2D eigenvalue weighted by molar-refractivity contribution is 0.660. The van der Waals surface area contributed by atoms with Gasteiger partial charge in [-0.05, 0) is 136 Å². The summed E-state index contributed by atoms with van der Waals surface area (Å²) >= 11 is 0. The minimum atomic E-state index is -0.0799. The van der Waals surface area contributed by atoms with E-state index in [1.165, 1.54) is 99.1 Å². The van der Waals surface area contributed by atoms with Crippen molar-refractivity contribution in [1.29, 1.82) is 0 Å². The van der Waals surface area contributed by atoms with E-state index >= 15 is 0 Å². The topological polar surface area (TPSA) is 0 Å². The average molecular weight is 651 g/mol. The molecule has 0 saturated carbocycles. The summed E-state index contributed by atoms with van der Waals surface area (Å²) in [6.07, 6.45) is 8.94. The van der Waals surface area contributed by atoms with Crippen LogP contribution in [0.15, 0.2) is 170 Å². The molecule has 2 aliphatic carbocycles. The third-order valence-electron chi connectivity index (χ3n) is 11.5. The zero-order chi connectivity index (χ0) is 34.1. The molecule has 0 heterocycles. The number of allylic oxidation sites excluding steroid dienone is 4. The van der Waals surface area contributed by atoms with Gasteiger partial charge >= 0.3 is 0 Å². The van der Waals surface area contributed by atoms with Crippen LogP contribution in [0.25, 0.3) is 82.4 Å². The molecule has 2 aliphatic rings. The van der Waals surface area contributed by atoms with E-state index in [9.17, 15) is 0 Å². The molecule has 242 valence electrons. The third kappa shape index (κ3) is 4.74. The van der Waals surface area contributed by atoms with Crippen molar-refractivity contribution in [2.75, 3.05) is 0 Å². The van der Waals surface area contributed by atoms with E-state index in [1.54, 1.807) is 0 Å². The van der Waals surface area contributed by atoms with Gasteiger partial charge in [0.25, 0.3) is 0 Å². The van der Waals surface area contributed by atoms with Gasteiger partial charge in [0, 0.05) is 5.41 Å². The zero-order valence-corrected chi connectivity index (χ0v) is 29.1. The molecule has 0 aliphatic heterocycles. The van der Waals surface area contributed by atoms with Crippen LogP contribution >= 0.6 is 0 Å². The van der Waals surface area contributed by atoms with Gasteiger partial charge in [-0.3, -0.25) is 0 Å². The van der Waals surface area contributed by atoms with Crippen LogP contribution in [-0.4, -0.2) is 0 Å². The standard InChI is InChI=1S/C51H38/c1-51(2)47-20-12-11-19-41(47)42-26-25-40(32-48(42)51)50-44-28-24-37(33-13-5-3-6-14-33)30-45(44)49(39-22-21-35-17-9-10-18-36(35)29-39)43-27-23-38(31-46(43)50)34-15-7-4-8-16-34/h3-7,9-15,17-32H,8,16H2,1-2H3. The predicted molar refractivity (Wildman–Crippen MR) is 219 cm³/mol. The molecule has 0 nitrogen and oxygen atoms in total. The largest absolute Gasteiger partial charge is 0.0842 e. The Morgan fingerprint density at radius 3 is 1.84 bits per heavy atom. The molecule has 8 aromatic rings. The second-order valence-electron chi connectivity index (χ2n) is 14.8. The second kappa shape index (κ2) is 11.5. The van der Waals surface area contributed by atoms with Crippen LogP contribution in [-0.2, 0) is 5.41 Å². The molecule has 0 spiro atoms. The highest BCUT2D eigenvalue weighted by molar-refractivity contribution is 6.22. The minimum absolute atomic E-state index is 0.0799. The lowest BCUT2D eigenvalue weighted by Crippen LogP contribution is -2.14. The Balaban J connectivity index is 1.32. The van der Waals surface area contributed by atoms with Crippen LogP contribution < -0.4 is 0 Å². The number of hydrogen-bond acceptors (Lipinski definition) is 0. The van der Waals surface area contributed by atoms with Crippen LogP contribution in [0.4, 0.5) is 0 Å². The second-order valence-corrected chi connectivity index (χ2v) is 14.8. The van der Waals surface area contributed by atoms with E-state index in [1.807, 2.05) is 0 Å². The smallest absolute Gasteiger partial charge is 0.0159 e. The summed E-state index contributed by atoms with van der Waals surface area (Å²) in [6.45, 7) is 4.77. The quantitative estimate of drug-likeness (QED) is 0.166. The van der Waals surface area contributed by atoms with E-state index in [0.717, 1.165) is 12.8 Å². The van der Waals surface area contributed by atoms with Gasteiger partial charge in [0.2, 0.25) is 0 Å². The van der Waals surface area contributed by atoms with Gasteiger partial charge in [0.05, 0.1) is 0 Å². The SMILES string of the molecule is CC1(C)c2ccccc2-c2ccc(-c3c4ccc(-c5ccccc5)cc4c(-c4ccc5ccccc5c4)c4ccc(C5=CC=CCC5)cc34)cc21. The van der Waals surface area contributed by atoms with Crippen molar-refractivity contribution in [3.8, 4) is 44.5 Å². The van der Waals surface area contributed by atoms with E-state index in [2.05, 4.69) is 184 Å². The summed E-state index contributed by atoms with van der Waals surface area (Å²) in [6, 6.07) is 57.1. The van der Waals surface area contributed by atoms with Gasteiger partial charge < -0.3 is 0 Å². The van der Waals surface area contributed by atoms with Gasteiger partial charge in [-0.25, -0.2) is 0 Å². The Morgan fingerprint density at radius 2 is 1.06 bits per heavy atom. The molecule has 0 fully saturated rings. The van der Waals surface area contributed by atoms with Crippen molar-refractivity contribution in [3.63, 3.8) is 0 Å². The first-order chi connectivity index (χ1) is 25.0. The summed E-state index contributed by atoms with van der Waals surface area (Å²) < 4.78 is 0. The normalized spacial score (nSPS) is 14.5. The highest BCUT2D eigenvalue weighted by Gasteiger charge is 2.35. The Hall–Kier alpha value is -5.98. The number of benzene rings is 8. The van der Waals surface area contributed by atoms with Crippen molar-refractivity contribution < 1.29 is 0 Å². The lowest BCUT2D eigenvalue weighted by Gasteiger charge is -2.23. The highest BCUT2D eigenvalue weighted by Crippen LogP contribution is 2.52. The summed E-state index contributed by atoms with van der Waals surface area (Å²) in [7, 11) is 0. The Kier molecular flexibility index (Phi) is 6.76. The third-order valence-corrected chi connectivity index (χ3v) is 11.5. The fourth-order valence-corrected chi connectivity index (χ4v) is 8.91. The summed E-state index contributed by atoms with van der Waals surface area (Å²) in [5.74, 6) is 0. The fraction of sp³-hybridized carbons (Fsp3) is 0.0980. The maximum atomic E-state index is 2.50. The number of fused-ring (bicyclic) bond motifs is 6. The van der Waals surface area contributed by atoms with Crippen LogP contribution in [0.5, 0.6) is 0 Å². The number of hydrogen-bond donors (Lipinski definition) is 0. The average Bonchev–Trinajstić information content (AvgIpc) is 3.42. The first-order valence-electron chi connectivity index (χ1n) is 18.2. The summed E-state index contributed by atoms with van der Waals surface area (Å²) in [5, 5.41) is 7.68. The van der Waals surface area contributed by atoms with Gasteiger partial charge in [-0.2, -0.15) is 0 Å². The predicted octanol–water partition coefficient (Wildman–Crippen LogP) is 14.2. The zero-order valence-electron chi connectivity index (χ0n) is 29.1. The monoisotopic (exact) mass is 650 g/mol. The van der Waals surface area contributed by atoms with Crippen molar-refractivity contribution in [1.82, 2.24) is 0 Å². The Labute approximate surface area is 300 Å². The minimum Gasteiger partial charge on any atom is -0.0842 e. The van der Waals surface area contributed by atoms with Crippen molar-refractivity contribution in [3.05, 3.63) is 187 Å². The number of rotatable bonds is 4. The van der Waals surface area contributed by atoms with Crippen molar-refractivity contribution in [2.45, 2.75) is 32.1 Å². The molecular formula is C51H38. The fourth-order valence-electron chi connectivity index (χ4n) is 8.91. The van der Waals surface area contributed by atoms with Crippen LogP contribution in [0.1, 0.15) is 43.4 Å². The molecular weight excluding hydrogens is 613 g/mol. The molecule has 0 radical (unpaired) electrons.